The van der Waals surface area contributed by atoms with Crippen LogP contribution in [0.3, 0.4) is 0 Å². The smallest absolute Gasteiger partial charge is 0.137 e. The summed E-state index contributed by atoms with van der Waals surface area (Å²) in [6, 6.07) is 46.8. The molecule has 0 bridgehead atoms. The molecule has 212 valence electrons. The van der Waals surface area contributed by atoms with Gasteiger partial charge in [0.05, 0.1) is 5.69 Å². The predicted octanol–water partition coefficient (Wildman–Crippen LogP) is 12.7. The van der Waals surface area contributed by atoms with Crippen LogP contribution in [0.2, 0.25) is 0 Å². The number of furan rings is 1. The summed E-state index contributed by atoms with van der Waals surface area (Å²) in [6.07, 6.45) is 6.37. The molecule has 0 unspecified atom stereocenters. The largest absolute Gasteiger partial charge is 0.456 e. The molecule has 1 aliphatic rings. The van der Waals surface area contributed by atoms with E-state index in [0.29, 0.717) is 0 Å². The van der Waals surface area contributed by atoms with Crippen molar-refractivity contribution in [2.45, 2.75) is 12.8 Å². The highest BCUT2D eigenvalue weighted by Crippen LogP contribution is 2.45. The van der Waals surface area contributed by atoms with Gasteiger partial charge in [0.25, 0.3) is 0 Å². The lowest BCUT2D eigenvalue weighted by atomic mass is 9.95. The third-order valence-electron chi connectivity index (χ3n) is 9.46. The zero-order valence-electron chi connectivity index (χ0n) is 24.5. The molecule has 0 saturated carbocycles. The number of benzene rings is 7. The molecule has 2 nitrogen and oxygen atoms in total. The molecule has 0 N–H and O–H groups in total. The van der Waals surface area contributed by atoms with Gasteiger partial charge in [-0.3, -0.25) is 0 Å². The summed E-state index contributed by atoms with van der Waals surface area (Å²) in [4.78, 5) is 2.39. The van der Waals surface area contributed by atoms with Crippen molar-refractivity contribution in [1.82, 2.24) is 0 Å². The predicted molar refractivity (Wildman–Crippen MR) is 194 cm³/mol. The van der Waals surface area contributed by atoms with Crippen molar-refractivity contribution < 1.29 is 4.42 Å². The van der Waals surface area contributed by atoms with Gasteiger partial charge < -0.3 is 9.32 Å². The minimum Gasteiger partial charge on any atom is -0.456 e. The first-order valence-corrected chi connectivity index (χ1v) is 16.4. The van der Waals surface area contributed by atoms with Crippen molar-refractivity contribution in [2.75, 3.05) is 4.90 Å². The maximum absolute atomic E-state index is 6.35. The summed E-state index contributed by atoms with van der Waals surface area (Å²) in [5.41, 5.74) is 5.65. The second kappa shape index (κ2) is 9.56. The number of thiophene rings is 1. The zero-order valence-corrected chi connectivity index (χ0v) is 25.3. The van der Waals surface area contributed by atoms with Gasteiger partial charge in [-0.1, -0.05) is 78.9 Å². The quantitative estimate of drug-likeness (QED) is 0.189. The number of fused-ring (bicyclic) bond motifs is 11. The number of rotatable bonds is 3. The van der Waals surface area contributed by atoms with Crippen LogP contribution < -0.4 is 4.90 Å². The summed E-state index contributed by atoms with van der Waals surface area (Å²) in [6.45, 7) is 0. The van der Waals surface area contributed by atoms with Crippen molar-refractivity contribution in [3.63, 3.8) is 0 Å². The van der Waals surface area contributed by atoms with E-state index >= 15 is 0 Å². The lowest BCUT2D eigenvalue weighted by Crippen LogP contribution is -2.10. The SMILES string of the molecule is C1=Cc2oc3cccc(N(c4ccccc4)c4ccc5c(ccc6ccc7cc8c(cc7c65)sc5ccccc58)c4)c3c2CC1. The molecular formula is C42H27NOS. The van der Waals surface area contributed by atoms with Gasteiger partial charge in [0.15, 0.2) is 0 Å². The molecule has 9 aromatic rings. The Morgan fingerprint density at radius 2 is 1.38 bits per heavy atom. The highest BCUT2D eigenvalue weighted by atomic mass is 32.1. The third kappa shape index (κ3) is 3.74. The van der Waals surface area contributed by atoms with Gasteiger partial charge in [-0.15, -0.1) is 11.3 Å². The van der Waals surface area contributed by atoms with Crippen molar-refractivity contribution >= 4 is 97.9 Å². The normalized spacial score (nSPS) is 13.1. The van der Waals surface area contributed by atoms with E-state index in [9.17, 15) is 0 Å². The standard InChI is InChI=1S/C42H27NOS/c1-2-9-29(10-3-1)43(36-13-8-15-38-42(36)33-12-4-6-14-37(33)44-38)30-21-22-31-27(23-30)19-17-26-18-20-28-24-35-32-11-5-7-16-39(32)45-40(35)25-34(28)41(26)31/h1-3,5-11,13-25H,4,12H2. The van der Waals surface area contributed by atoms with E-state index in [2.05, 4.69) is 144 Å². The Kier molecular flexibility index (Phi) is 5.31. The molecule has 3 heteroatoms. The molecule has 0 amide bonds. The first kappa shape index (κ1) is 25.0. The summed E-state index contributed by atoms with van der Waals surface area (Å²) >= 11 is 1.88. The number of aryl methyl sites for hydroxylation is 1. The van der Waals surface area contributed by atoms with Crippen LogP contribution in [0.1, 0.15) is 17.7 Å². The summed E-state index contributed by atoms with van der Waals surface area (Å²) in [5.74, 6) is 0.987. The highest BCUT2D eigenvalue weighted by Gasteiger charge is 2.23. The van der Waals surface area contributed by atoms with Crippen molar-refractivity contribution in [3.8, 4) is 0 Å². The van der Waals surface area contributed by atoms with Gasteiger partial charge in [0.2, 0.25) is 0 Å². The average Bonchev–Trinajstić information content (AvgIpc) is 3.66. The summed E-state index contributed by atoms with van der Waals surface area (Å²) in [7, 11) is 0. The number of allylic oxidation sites excluding steroid dienone is 1. The van der Waals surface area contributed by atoms with E-state index in [4.69, 9.17) is 4.42 Å². The number of anilines is 3. The lowest BCUT2D eigenvalue weighted by Gasteiger charge is -2.27. The fourth-order valence-electron chi connectivity index (χ4n) is 7.44. The second-order valence-corrected chi connectivity index (χ2v) is 13.1. The average molecular weight is 594 g/mol. The molecule has 2 aromatic heterocycles. The maximum Gasteiger partial charge on any atom is 0.137 e. The minimum absolute atomic E-state index is 0.941. The first-order valence-electron chi connectivity index (χ1n) is 15.6. The van der Waals surface area contributed by atoms with E-state index in [1.807, 2.05) is 11.3 Å². The maximum atomic E-state index is 6.35. The molecule has 0 fully saturated rings. The van der Waals surface area contributed by atoms with Crippen molar-refractivity contribution in [3.05, 3.63) is 145 Å². The van der Waals surface area contributed by atoms with E-state index in [0.717, 1.165) is 41.2 Å². The van der Waals surface area contributed by atoms with Gasteiger partial charge in [0, 0.05) is 42.5 Å². The molecule has 0 atom stereocenters. The van der Waals surface area contributed by atoms with Crippen LogP contribution in [0.4, 0.5) is 17.1 Å². The van der Waals surface area contributed by atoms with E-state index in [1.165, 1.54) is 63.4 Å². The molecule has 0 aliphatic heterocycles. The fourth-order valence-corrected chi connectivity index (χ4v) is 8.56. The van der Waals surface area contributed by atoms with Crippen LogP contribution in [0.15, 0.2) is 138 Å². The zero-order chi connectivity index (χ0) is 29.5. The molecule has 1 aliphatic carbocycles. The van der Waals surface area contributed by atoms with Gasteiger partial charge in [-0.2, -0.15) is 0 Å². The molecule has 0 radical (unpaired) electrons. The van der Waals surface area contributed by atoms with Crippen LogP contribution in [0.25, 0.3) is 69.5 Å². The van der Waals surface area contributed by atoms with Gasteiger partial charge in [0.1, 0.15) is 11.3 Å². The van der Waals surface area contributed by atoms with Crippen molar-refractivity contribution in [2.24, 2.45) is 0 Å². The molecule has 0 spiro atoms. The monoisotopic (exact) mass is 593 g/mol. The topological polar surface area (TPSA) is 16.4 Å². The molecule has 0 saturated heterocycles. The Morgan fingerprint density at radius 1 is 0.556 bits per heavy atom. The minimum atomic E-state index is 0.941. The number of nitrogens with zero attached hydrogens (tertiary/aromatic N) is 1. The number of para-hydroxylation sites is 1. The number of hydrogen-bond donors (Lipinski definition) is 0. The summed E-state index contributed by atoms with van der Waals surface area (Å²) in [5, 5.41) is 11.6. The van der Waals surface area contributed by atoms with Crippen LogP contribution >= 0.6 is 11.3 Å². The Balaban J connectivity index is 1.22. The molecular weight excluding hydrogens is 567 g/mol. The van der Waals surface area contributed by atoms with Crippen LogP contribution in [-0.2, 0) is 6.42 Å². The fraction of sp³-hybridized carbons (Fsp3) is 0.0476. The van der Waals surface area contributed by atoms with E-state index in [1.54, 1.807) is 0 Å². The van der Waals surface area contributed by atoms with Crippen LogP contribution in [0, 0.1) is 0 Å². The van der Waals surface area contributed by atoms with Crippen LogP contribution in [0.5, 0.6) is 0 Å². The van der Waals surface area contributed by atoms with E-state index < -0.39 is 0 Å². The Hall–Kier alpha value is -5.38. The lowest BCUT2D eigenvalue weighted by molar-refractivity contribution is 0.595. The Bertz CT molecular complexity index is 2660. The molecule has 10 rings (SSSR count). The van der Waals surface area contributed by atoms with Gasteiger partial charge in [-0.05, 0) is 106 Å². The van der Waals surface area contributed by atoms with Crippen LogP contribution in [-0.4, -0.2) is 0 Å². The van der Waals surface area contributed by atoms with Crippen molar-refractivity contribution in [1.29, 1.82) is 0 Å². The first-order chi connectivity index (χ1) is 22.3. The summed E-state index contributed by atoms with van der Waals surface area (Å²) < 4.78 is 9.03. The molecule has 7 aromatic carbocycles. The van der Waals surface area contributed by atoms with E-state index in [-0.39, 0.29) is 0 Å². The second-order valence-electron chi connectivity index (χ2n) is 12.0. The van der Waals surface area contributed by atoms with Gasteiger partial charge in [-0.25, -0.2) is 0 Å². The Labute approximate surface area is 264 Å². The highest BCUT2D eigenvalue weighted by molar-refractivity contribution is 7.25. The Morgan fingerprint density at radius 3 is 2.29 bits per heavy atom. The molecule has 2 heterocycles. The molecule has 45 heavy (non-hydrogen) atoms. The number of hydrogen-bond acceptors (Lipinski definition) is 3. The van der Waals surface area contributed by atoms with Gasteiger partial charge >= 0.3 is 0 Å². The third-order valence-corrected chi connectivity index (χ3v) is 10.6.